The smallest absolute Gasteiger partial charge is 0.306 e. The first kappa shape index (κ1) is 21.4. The van der Waals surface area contributed by atoms with Gasteiger partial charge >= 0.3 is 5.97 Å². The Bertz CT molecular complexity index is 520. The van der Waals surface area contributed by atoms with Crippen molar-refractivity contribution >= 4 is 5.97 Å². The van der Waals surface area contributed by atoms with Gasteiger partial charge in [-0.15, -0.1) is 6.58 Å². The van der Waals surface area contributed by atoms with Gasteiger partial charge in [0, 0.05) is 9.40 Å². The zero-order valence-corrected chi connectivity index (χ0v) is 15.5. The Morgan fingerprint density at radius 1 is 1.36 bits per heavy atom. The van der Waals surface area contributed by atoms with E-state index in [1.807, 2.05) is 51.1 Å². The number of allylic oxidation sites excluding steroid dienone is 1. The molecule has 0 bridgehead atoms. The van der Waals surface area contributed by atoms with E-state index >= 15 is 0 Å². The molecule has 0 radical (unpaired) electrons. The molecule has 1 unspecified atom stereocenters. The second-order valence-electron chi connectivity index (χ2n) is 7.08. The molecule has 0 aliphatic carbocycles. The fourth-order valence-corrected chi connectivity index (χ4v) is 2.35. The largest absolute Gasteiger partial charge is 0.460 e. The second kappa shape index (κ2) is 11.0. The maximum absolute atomic E-state index is 11.9. The first-order valence-corrected chi connectivity index (χ1v) is 8.66. The molecule has 0 heterocycles. The van der Waals surface area contributed by atoms with Gasteiger partial charge in [-0.2, -0.15) is 0 Å². The summed E-state index contributed by atoms with van der Waals surface area (Å²) in [7, 11) is 0. The number of carbonyl (C=O) groups excluding carboxylic acids is 1. The summed E-state index contributed by atoms with van der Waals surface area (Å²) in [4.78, 5) is 11.9. The maximum Gasteiger partial charge on any atom is 0.306 e. The molecule has 0 spiro atoms. The molecule has 1 rings (SSSR count). The number of aliphatic hydroxyl groups is 1. The lowest BCUT2D eigenvalue weighted by Gasteiger charge is -2.22. The fourth-order valence-electron chi connectivity index (χ4n) is 2.35. The number of esters is 1. The van der Waals surface area contributed by atoms with Gasteiger partial charge in [0.05, 0.1) is 25.9 Å². The number of carbonyl (C=O) groups is 1. The average Bonchev–Trinajstić information content (AvgIpc) is 2.53. The molecule has 0 amide bonds. The molecule has 5 nitrogen and oxygen atoms in total. The van der Waals surface area contributed by atoms with Crippen molar-refractivity contribution in [1.29, 1.82) is 0 Å². The fraction of sp³-hybridized carbons (Fsp3) is 0.550. The molecule has 0 saturated carbocycles. The van der Waals surface area contributed by atoms with Crippen LogP contribution in [0.4, 0.5) is 0 Å². The topological polar surface area (TPSA) is 67.8 Å². The number of benzene rings is 1. The molecule has 2 atom stereocenters. The Morgan fingerprint density at radius 2 is 2.04 bits per heavy atom. The molecule has 0 aliphatic rings. The normalized spacial score (nSPS) is 13.9. The SMILES string of the molecule is C=CC[C@H](COCNCC(O)c1ccccc1)CC(=O)OC(C)(C)C.[HH].[HH]. The van der Waals surface area contributed by atoms with Gasteiger partial charge in [0.25, 0.3) is 0 Å². The van der Waals surface area contributed by atoms with Gasteiger partial charge in [-0.25, -0.2) is 0 Å². The van der Waals surface area contributed by atoms with Crippen LogP contribution in [0.5, 0.6) is 0 Å². The van der Waals surface area contributed by atoms with Gasteiger partial charge in [0.1, 0.15) is 5.60 Å². The van der Waals surface area contributed by atoms with Crippen molar-refractivity contribution < 1.29 is 22.2 Å². The summed E-state index contributed by atoms with van der Waals surface area (Å²) in [6, 6.07) is 9.47. The van der Waals surface area contributed by atoms with Crippen LogP contribution in [0.2, 0.25) is 0 Å². The van der Waals surface area contributed by atoms with Crippen LogP contribution in [0.3, 0.4) is 0 Å². The lowest BCUT2D eigenvalue weighted by molar-refractivity contribution is -0.156. The van der Waals surface area contributed by atoms with Crippen LogP contribution in [0.25, 0.3) is 0 Å². The van der Waals surface area contributed by atoms with E-state index in [-0.39, 0.29) is 14.7 Å². The molecule has 1 aromatic carbocycles. The van der Waals surface area contributed by atoms with E-state index < -0.39 is 11.7 Å². The van der Waals surface area contributed by atoms with E-state index in [1.54, 1.807) is 6.08 Å². The molecule has 1 aromatic rings. The van der Waals surface area contributed by atoms with E-state index in [0.29, 0.717) is 32.7 Å². The highest BCUT2D eigenvalue weighted by Crippen LogP contribution is 2.15. The molecule has 0 saturated heterocycles. The van der Waals surface area contributed by atoms with E-state index in [0.717, 1.165) is 5.56 Å². The number of ether oxygens (including phenoxy) is 2. The number of rotatable bonds is 11. The number of hydrogen-bond donors (Lipinski definition) is 2. The Balaban J connectivity index is 0. The van der Waals surface area contributed by atoms with Gasteiger partial charge in [0.15, 0.2) is 0 Å². The van der Waals surface area contributed by atoms with Crippen molar-refractivity contribution in [1.82, 2.24) is 5.32 Å². The molecule has 25 heavy (non-hydrogen) atoms. The highest BCUT2D eigenvalue weighted by molar-refractivity contribution is 5.70. The monoisotopic (exact) mass is 353 g/mol. The second-order valence-corrected chi connectivity index (χ2v) is 7.08. The summed E-state index contributed by atoms with van der Waals surface area (Å²) >= 11 is 0. The molecular formula is C20H35NO4. The van der Waals surface area contributed by atoms with E-state index in [9.17, 15) is 9.90 Å². The number of aliphatic hydroxyl groups excluding tert-OH is 1. The van der Waals surface area contributed by atoms with Crippen molar-refractivity contribution in [3.8, 4) is 0 Å². The predicted octanol–water partition coefficient (Wildman–Crippen LogP) is 3.70. The van der Waals surface area contributed by atoms with Crippen LogP contribution in [0, 0.1) is 5.92 Å². The summed E-state index contributed by atoms with van der Waals surface area (Å²) in [6.45, 7) is 10.4. The molecule has 5 heteroatoms. The van der Waals surface area contributed by atoms with Crippen LogP contribution in [0.15, 0.2) is 43.0 Å². The summed E-state index contributed by atoms with van der Waals surface area (Å²) < 4.78 is 10.9. The minimum Gasteiger partial charge on any atom is -0.460 e. The zero-order chi connectivity index (χ0) is 18.7. The van der Waals surface area contributed by atoms with Gasteiger partial charge < -0.3 is 14.6 Å². The maximum atomic E-state index is 11.9. The van der Waals surface area contributed by atoms with E-state index in [2.05, 4.69) is 11.9 Å². The predicted molar refractivity (Wildman–Crippen MR) is 103 cm³/mol. The van der Waals surface area contributed by atoms with Crippen LogP contribution < -0.4 is 5.32 Å². The first-order valence-electron chi connectivity index (χ1n) is 8.66. The standard InChI is InChI=1S/C20H31NO4.2H2/c1-5-9-16(12-19(23)25-20(2,3)4)14-24-15-21-13-18(22)17-10-7-6-8-11-17;;/h5-8,10-11,16,18,21-22H,1,9,12-15H2,2-4H3;2*1H/t16-,18?;;/m0../s1. The van der Waals surface area contributed by atoms with Crippen molar-refractivity contribution in [2.75, 3.05) is 19.9 Å². The molecule has 2 N–H and O–H groups in total. The van der Waals surface area contributed by atoms with Gasteiger partial charge in [-0.3, -0.25) is 10.1 Å². The third-order valence-corrected chi connectivity index (χ3v) is 3.46. The third-order valence-electron chi connectivity index (χ3n) is 3.46. The van der Waals surface area contributed by atoms with E-state index in [4.69, 9.17) is 9.47 Å². The van der Waals surface area contributed by atoms with E-state index in [1.165, 1.54) is 0 Å². The Labute approximate surface area is 154 Å². The minimum atomic E-state index is -0.574. The van der Waals surface area contributed by atoms with Crippen molar-refractivity contribution in [2.24, 2.45) is 5.92 Å². The summed E-state index contributed by atoms with van der Waals surface area (Å²) in [5.74, 6) is -0.191. The summed E-state index contributed by atoms with van der Waals surface area (Å²) in [5, 5.41) is 13.1. The van der Waals surface area contributed by atoms with Crippen LogP contribution in [0.1, 0.15) is 48.1 Å². The van der Waals surface area contributed by atoms with Crippen molar-refractivity contribution in [2.45, 2.75) is 45.3 Å². The third kappa shape index (κ3) is 10.0. The van der Waals surface area contributed by atoms with Gasteiger partial charge in [-0.05, 0) is 38.7 Å². The van der Waals surface area contributed by atoms with Crippen molar-refractivity contribution in [3.63, 3.8) is 0 Å². The Hall–Kier alpha value is -1.69. The summed E-state index contributed by atoms with van der Waals surface area (Å²) in [5.41, 5.74) is 0.385. The van der Waals surface area contributed by atoms with Crippen LogP contribution in [-0.2, 0) is 14.3 Å². The van der Waals surface area contributed by atoms with Gasteiger partial charge in [-0.1, -0.05) is 36.4 Å². The number of hydrogen-bond acceptors (Lipinski definition) is 5. The molecule has 0 fully saturated rings. The first-order chi connectivity index (χ1) is 11.8. The van der Waals surface area contributed by atoms with Crippen LogP contribution in [-0.4, -0.2) is 36.6 Å². The van der Waals surface area contributed by atoms with Gasteiger partial charge in [0.2, 0.25) is 0 Å². The number of nitrogens with one attached hydrogen (secondary N) is 1. The molecule has 0 aliphatic heterocycles. The summed E-state index contributed by atoms with van der Waals surface area (Å²) in [6.07, 6.45) is 2.20. The molecule has 0 aromatic heterocycles. The highest BCUT2D eigenvalue weighted by Gasteiger charge is 2.20. The Kier molecular flexibility index (Phi) is 9.42. The minimum absolute atomic E-state index is 0. The highest BCUT2D eigenvalue weighted by atomic mass is 16.6. The quantitative estimate of drug-likeness (QED) is 0.275. The van der Waals surface area contributed by atoms with Crippen molar-refractivity contribution in [3.05, 3.63) is 48.6 Å². The zero-order valence-electron chi connectivity index (χ0n) is 15.5. The van der Waals surface area contributed by atoms with Crippen LogP contribution >= 0.6 is 0 Å². The Morgan fingerprint density at radius 3 is 2.64 bits per heavy atom. The molecular weight excluding hydrogens is 318 g/mol. The lowest BCUT2D eigenvalue weighted by Crippen LogP contribution is -2.28. The lowest BCUT2D eigenvalue weighted by atomic mass is 10.0. The molecule has 144 valence electrons. The average molecular weight is 354 g/mol.